The highest BCUT2D eigenvalue weighted by Crippen LogP contribution is 2.28. The van der Waals surface area contributed by atoms with Crippen LogP contribution in [0.15, 0.2) is 10.5 Å². The van der Waals surface area contributed by atoms with E-state index in [1.807, 2.05) is 0 Å². The minimum atomic E-state index is -2.11. The van der Waals surface area contributed by atoms with E-state index >= 15 is 0 Å². The SMILES string of the molecule is CON=C(C(=O)OC)c1csc(NC(=O)C(Cl)(Cl)Cl)n1. The molecule has 0 radical (unpaired) electrons. The third kappa shape index (κ3) is 4.48. The predicted molar refractivity (Wildman–Crippen MR) is 76.6 cm³/mol. The second-order valence-corrected chi connectivity index (χ2v) is 6.24. The molecule has 7 nitrogen and oxygen atoms in total. The number of hydrogen-bond acceptors (Lipinski definition) is 7. The molecule has 0 fully saturated rings. The minimum absolute atomic E-state index is 0.129. The van der Waals surface area contributed by atoms with Crippen molar-refractivity contribution in [2.45, 2.75) is 3.79 Å². The van der Waals surface area contributed by atoms with Crippen molar-refractivity contribution in [2.24, 2.45) is 5.16 Å². The maximum Gasteiger partial charge on any atom is 0.362 e. The second kappa shape index (κ2) is 7.07. The number of carbonyl (C=O) groups excluding carboxylic acids is 2. The number of nitrogens with one attached hydrogen (secondary N) is 1. The number of halogens is 3. The molecule has 0 aromatic carbocycles. The van der Waals surface area contributed by atoms with Crippen LogP contribution in [0.1, 0.15) is 5.69 Å². The topological polar surface area (TPSA) is 89.9 Å². The first-order valence-corrected chi connectivity index (χ1v) is 6.84. The molecule has 0 aliphatic rings. The van der Waals surface area contributed by atoms with E-state index < -0.39 is 15.7 Å². The van der Waals surface area contributed by atoms with E-state index in [9.17, 15) is 9.59 Å². The fraction of sp³-hybridized carbons (Fsp3) is 0.333. The van der Waals surface area contributed by atoms with Crippen LogP contribution < -0.4 is 5.32 Å². The molecule has 11 heteroatoms. The molecular weight excluding hydrogens is 353 g/mol. The summed E-state index contributed by atoms with van der Waals surface area (Å²) in [5.74, 6) is -1.61. The Labute approximate surface area is 132 Å². The van der Waals surface area contributed by atoms with Crippen LogP contribution in [0.2, 0.25) is 0 Å². The third-order valence-electron chi connectivity index (χ3n) is 1.79. The van der Waals surface area contributed by atoms with Gasteiger partial charge in [-0.3, -0.25) is 10.1 Å². The van der Waals surface area contributed by atoms with E-state index in [1.54, 1.807) is 0 Å². The molecule has 110 valence electrons. The fourth-order valence-electron chi connectivity index (χ4n) is 0.984. The molecule has 0 aliphatic carbocycles. The van der Waals surface area contributed by atoms with Crippen molar-refractivity contribution >= 4 is 68.9 Å². The zero-order valence-electron chi connectivity index (χ0n) is 10.1. The first-order chi connectivity index (χ1) is 9.29. The number of amides is 1. The van der Waals surface area contributed by atoms with Crippen LogP contribution >= 0.6 is 46.1 Å². The maximum absolute atomic E-state index is 11.5. The van der Waals surface area contributed by atoms with E-state index in [0.29, 0.717) is 0 Å². The van der Waals surface area contributed by atoms with Crippen LogP contribution in [0.5, 0.6) is 0 Å². The highest BCUT2D eigenvalue weighted by molar-refractivity contribution is 7.14. The lowest BCUT2D eigenvalue weighted by Gasteiger charge is -2.08. The van der Waals surface area contributed by atoms with Gasteiger partial charge in [-0.25, -0.2) is 9.78 Å². The van der Waals surface area contributed by atoms with Crippen LogP contribution in [0.3, 0.4) is 0 Å². The van der Waals surface area contributed by atoms with Gasteiger partial charge in [0.1, 0.15) is 12.8 Å². The maximum atomic E-state index is 11.5. The Morgan fingerprint density at radius 3 is 2.55 bits per heavy atom. The van der Waals surface area contributed by atoms with Gasteiger partial charge in [0.05, 0.1) is 7.11 Å². The van der Waals surface area contributed by atoms with Gasteiger partial charge in [0, 0.05) is 5.38 Å². The zero-order valence-corrected chi connectivity index (χ0v) is 13.2. The van der Waals surface area contributed by atoms with Gasteiger partial charge in [-0.05, 0) is 0 Å². The summed E-state index contributed by atoms with van der Waals surface area (Å²) in [6.45, 7) is 0. The Balaban J connectivity index is 2.94. The molecule has 1 rings (SSSR count). The van der Waals surface area contributed by atoms with Crippen LogP contribution in [-0.2, 0) is 19.2 Å². The number of rotatable bonds is 4. The largest absolute Gasteiger partial charge is 0.464 e. The molecule has 0 saturated heterocycles. The highest BCUT2D eigenvalue weighted by Gasteiger charge is 2.31. The third-order valence-corrected chi connectivity index (χ3v) is 3.06. The number of ether oxygens (including phenoxy) is 1. The number of hydrogen-bond donors (Lipinski definition) is 1. The Morgan fingerprint density at radius 2 is 2.05 bits per heavy atom. The smallest absolute Gasteiger partial charge is 0.362 e. The number of methoxy groups -OCH3 is 1. The van der Waals surface area contributed by atoms with Crippen LogP contribution in [0, 0.1) is 0 Å². The monoisotopic (exact) mass is 359 g/mol. The van der Waals surface area contributed by atoms with Gasteiger partial charge in [-0.15, -0.1) is 11.3 Å². The van der Waals surface area contributed by atoms with Gasteiger partial charge in [0.25, 0.3) is 9.70 Å². The van der Waals surface area contributed by atoms with Crippen molar-refractivity contribution in [1.29, 1.82) is 0 Å². The normalized spacial score (nSPS) is 11.9. The average Bonchev–Trinajstić information content (AvgIpc) is 2.82. The molecule has 0 spiro atoms. The van der Waals surface area contributed by atoms with Crippen molar-refractivity contribution in [3.63, 3.8) is 0 Å². The Kier molecular flexibility index (Phi) is 6.00. The first-order valence-electron chi connectivity index (χ1n) is 4.83. The lowest BCUT2D eigenvalue weighted by molar-refractivity contribution is -0.132. The zero-order chi connectivity index (χ0) is 15.3. The summed E-state index contributed by atoms with van der Waals surface area (Å²) >= 11 is 17.2. The highest BCUT2D eigenvalue weighted by atomic mass is 35.6. The van der Waals surface area contributed by atoms with Gasteiger partial charge in [0.2, 0.25) is 5.71 Å². The van der Waals surface area contributed by atoms with Gasteiger partial charge in [-0.2, -0.15) is 0 Å². The van der Waals surface area contributed by atoms with E-state index in [0.717, 1.165) is 11.3 Å². The molecule has 1 amide bonds. The van der Waals surface area contributed by atoms with Crippen molar-refractivity contribution in [2.75, 3.05) is 19.5 Å². The molecule has 1 N–H and O–H groups in total. The standard InChI is InChI=1S/C9H8Cl3N3O4S/c1-18-6(16)5(15-19-2)4-3-20-8(13-4)14-7(17)9(10,11)12/h3H,1-2H3,(H,13,14,17). The van der Waals surface area contributed by atoms with Gasteiger partial charge >= 0.3 is 5.97 Å². The van der Waals surface area contributed by atoms with Gasteiger partial charge in [0.15, 0.2) is 5.13 Å². The Bertz CT molecular complexity index is 541. The van der Waals surface area contributed by atoms with Crippen molar-refractivity contribution < 1.29 is 19.2 Å². The predicted octanol–water partition coefficient (Wildman–Crippen LogP) is 1.98. The van der Waals surface area contributed by atoms with E-state index in [1.165, 1.54) is 19.6 Å². The Morgan fingerprint density at radius 1 is 1.40 bits per heavy atom. The van der Waals surface area contributed by atoms with Crippen molar-refractivity contribution in [3.8, 4) is 0 Å². The summed E-state index contributed by atoms with van der Waals surface area (Å²) in [4.78, 5) is 31.4. The molecule has 1 aromatic rings. The summed E-state index contributed by atoms with van der Waals surface area (Å²) in [5.41, 5.74) is 0.00366. The number of oxime groups is 1. The van der Waals surface area contributed by atoms with Crippen LogP contribution in [-0.4, -0.2) is 40.6 Å². The average molecular weight is 361 g/mol. The molecule has 1 aromatic heterocycles. The lowest BCUT2D eigenvalue weighted by atomic mass is 10.3. The molecule has 0 unspecified atom stereocenters. The van der Waals surface area contributed by atoms with E-state index in [-0.39, 0.29) is 16.5 Å². The molecule has 1 heterocycles. The van der Waals surface area contributed by atoms with Gasteiger partial charge < -0.3 is 9.57 Å². The number of nitrogens with zero attached hydrogens (tertiary/aromatic N) is 2. The van der Waals surface area contributed by atoms with E-state index in [4.69, 9.17) is 34.8 Å². The lowest BCUT2D eigenvalue weighted by Crippen LogP contribution is -2.27. The number of carbonyl (C=O) groups is 2. The number of alkyl halides is 3. The number of thiazole rings is 1. The second-order valence-electron chi connectivity index (χ2n) is 3.10. The summed E-state index contributed by atoms with van der Waals surface area (Å²) in [7, 11) is 2.45. The Hall–Kier alpha value is -1.09. The van der Waals surface area contributed by atoms with Crippen LogP contribution in [0.25, 0.3) is 0 Å². The summed E-state index contributed by atoms with van der Waals surface area (Å²) in [6.07, 6.45) is 0. The molecule has 0 saturated carbocycles. The number of esters is 1. The minimum Gasteiger partial charge on any atom is -0.464 e. The van der Waals surface area contributed by atoms with Crippen molar-refractivity contribution in [3.05, 3.63) is 11.1 Å². The molecular formula is C9H8Cl3N3O4S. The van der Waals surface area contributed by atoms with Gasteiger partial charge in [-0.1, -0.05) is 40.0 Å². The summed E-state index contributed by atoms with van der Waals surface area (Å²) < 4.78 is 2.41. The molecule has 0 bridgehead atoms. The number of aromatic nitrogens is 1. The van der Waals surface area contributed by atoms with Crippen LogP contribution in [0.4, 0.5) is 5.13 Å². The first kappa shape index (κ1) is 17.0. The quantitative estimate of drug-likeness (QED) is 0.384. The van der Waals surface area contributed by atoms with Crippen molar-refractivity contribution in [1.82, 2.24) is 4.98 Å². The summed E-state index contributed by atoms with van der Waals surface area (Å²) in [6, 6.07) is 0. The number of anilines is 1. The fourth-order valence-corrected chi connectivity index (χ4v) is 1.82. The molecule has 20 heavy (non-hydrogen) atoms. The van der Waals surface area contributed by atoms with E-state index in [2.05, 4.69) is 25.0 Å². The molecule has 0 atom stereocenters. The summed E-state index contributed by atoms with van der Waals surface area (Å²) in [5, 5.41) is 7.37. The molecule has 0 aliphatic heterocycles.